The monoisotopic (exact) mass is 351 g/mol. The average Bonchev–Trinajstić information content (AvgIpc) is 2.90. The first-order valence-electron chi connectivity index (χ1n) is 7.58. The highest BCUT2D eigenvalue weighted by Gasteiger charge is 2.18. The van der Waals surface area contributed by atoms with Crippen molar-refractivity contribution in [2.45, 2.75) is 26.7 Å². The van der Waals surface area contributed by atoms with Gasteiger partial charge in [-0.25, -0.2) is 0 Å². The maximum atomic E-state index is 12.5. The lowest BCUT2D eigenvalue weighted by Gasteiger charge is -2.19. The highest BCUT2D eigenvalue weighted by atomic mass is 35.5. The van der Waals surface area contributed by atoms with Crippen molar-refractivity contribution in [3.8, 4) is 11.5 Å². The first-order chi connectivity index (χ1) is 11.1. The van der Waals surface area contributed by atoms with Crippen LogP contribution in [0.4, 0.5) is 5.69 Å². The Morgan fingerprint density at radius 1 is 1.26 bits per heavy atom. The van der Waals surface area contributed by atoms with Crippen molar-refractivity contribution in [2.24, 2.45) is 0 Å². The second-order valence-corrected chi connectivity index (χ2v) is 7.04. The van der Waals surface area contributed by atoms with Gasteiger partial charge in [-0.1, -0.05) is 24.9 Å². The van der Waals surface area contributed by atoms with E-state index in [1.54, 1.807) is 12.1 Å². The number of benzene rings is 1. The summed E-state index contributed by atoms with van der Waals surface area (Å²) in [6, 6.07) is 5.35. The predicted molar refractivity (Wildman–Crippen MR) is 93.4 cm³/mol. The Morgan fingerprint density at radius 2 is 1.96 bits per heavy atom. The molecular weight excluding hydrogens is 334 g/mol. The number of rotatable bonds is 4. The maximum absolute atomic E-state index is 12.5. The first-order valence-corrected chi connectivity index (χ1v) is 8.77. The molecule has 0 radical (unpaired) electrons. The van der Waals surface area contributed by atoms with E-state index >= 15 is 0 Å². The molecule has 2 aromatic rings. The summed E-state index contributed by atoms with van der Waals surface area (Å²) in [5, 5.41) is 3.30. The fourth-order valence-electron chi connectivity index (χ4n) is 2.49. The van der Waals surface area contributed by atoms with Crippen molar-refractivity contribution in [1.82, 2.24) is 0 Å². The lowest BCUT2D eigenvalue weighted by Crippen LogP contribution is -2.16. The van der Waals surface area contributed by atoms with Crippen molar-refractivity contribution in [1.29, 1.82) is 0 Å². The normalized spacial score (nSPS) is 13.0. The molecule has 1 aliphatic heterocycles. The Bertz CT molecular complexity index is 742. The molecule has 0 aliphatic carbocycles. The molecule has 23 heavy (non-hydrogen) atoms. The van der Waals surface area contributed by atoms with E-state index in [0.29, 0.717) is 40.3 Å². The molecule has 0 bridgehead atoms. The quantitative estimate of drug-likeness (QED) is 0.869. The SMILES string of the molecule is CCCc1cc(C(=O)Nc2cc3c(cc2Cl)OCCO3)sc1C. The number of fused-ring (bicyclic) bond motifs is 1. The molecule has 1 aliphatic rings. The second kappa shape index (κ2) is 6.81. The van der Waals surface area contributed by atoms with E-state index in [0.717, 1.165) is 12.8 Å². The van der Waals surface area contributed by atoms with Crippen molar-refractivity contribution in [3.63, 3.8) is 0 Å². The number of nitrogens with one attached hydrogen (secondary N) is 1. The van der Waals surface area contributed by atoms with Crippen LogP contribution in [0.1, 0.15) is 33.5 Å². The molecule has 0 saturated heterocycles. The Kier molecular flexibility index (Phi) is 4.78. The van der Waals surface area contributed by atoms with Gasteiger partial charge in [0.2, 0.25) is 0 Å². The van der Waals surface area contributed by atoms with Gasteiger partial charge in [0.15, 0.2) is 11.5 Å². The summed E-state index contributed by atoms with van der Waals surface area (Å²) in [6.45, 7) is 5.17. The summed E-state index contributed by atoms with van der Waals surface area (Å²) in [7, 11) is 0. The smallest absolute Gasteiger partial charge is 0.265 e. The van der Waals surface area contributed by atoms with Crippen LogP contribution < -0.4 is 14.8 Å². The van der Waals surface area contributed by atoms with Gasteiger partial charge in [0.05, 0.1) is 15.6 Å². The van der Waals surface area contributed by atoms with Crippen LogP contribution in [-0.4, -0.2) is 19.1 Å². The molecule has 6 heteroatoms. The zero-order valence-electron chi connectivity index (χ0n) is 13.1. The summed E-state index contributed by atoms with van der Waals surface area (Å²) >= 11 is 7.74. The third-order valence-electron chi connectivity index (χ3n) is 3.64. The topological polar surface area (TPSA) is 47.6 Å². The Labute approximate surface area is 144 Å². The third-order valence-corrected chi connectivity index (χ3v) is 5.05. The van der Waals surface area contributed by atoms with E-state index in [9.17, 15) is 4.79 Å². The van der Waals surface area contributed by atoms with Crippen LogP contribution >= 0.6 is 22.9 Å². The number of anilines is 1. The van der Waals surface area contributed by atoms with Gasteiger partial charge >= 0.3 is 0 Å². The minimum absolute atomic E-state index is 0.154. The zero-order chi connectivity index (χ0) is 16.4. The number of hydrogen-bond acceptors (Lipinski definition) is 4. The summed E-state index contributed by atoms with van der Waals surface area (Å²) in [5.41, 5.74) is 1.76. The summed E-state index contributed by atoms with van der Waals surface area (Å²) in [5.74, 6) is 1.06. The fraction of sp³-hybridized carbons (Fsp3) is 0.353. The lowest BCUT2D eigenvalue weighted by atomic mass is 10.1. The molecular formula is C17H18ClNO3S. The third kappa shape index (κ3) is 3.46. The van der Waals surface area contributed by atoms with E-state index in [4.69, 9.17) is 21.1 Å². The van der Waals surface area contributed by atoms with Crippen LogP contribution in [0, 0.1) is 6.92 Å². The van der Waals surface area contributed by atoms with Crippen molar-refractivity contribution in [3.05, 3.63) is 38.5 Å². The predicted octanol–water partition coefficient (Wildman–Crippen LogP) is 4.69. The van der Waals surface area contributed by atoms with Crippen LogP contribution in [0.2, 0.25) is 5.02 Å². The number of thiophene rings is 1. The summed E-state index contributed by atoms with van der Waals surface area (Å²) < 4.78 is 11.0. The van der Waals surface area contributed by atoms with Crippen LogP contribution in [-0.2, 0) is 6.42 Å². The first kappa shape index (κ1) is 16.1. The van der Waals surface area contributed by atoms with Crippen molar-refractivity contribution in [2.75, 3.05) is 18.5 Å². The van der Waals surface area contributed by atoms with Gasteiger partial charge in [0, 0.05) is 17.0 Å². The van der Waals surface area contributed by atoms with Gasteiger partial charge in [0.1, 0.15) is 13.2 Å². The fourth-order valence-corrected chi connectivity index (χ4v) is 3.66. The minimum atomic E-state index is -0.154. The molecule has 0 fully saturated rings. The van der Waals surface area contributed by atoms with Crippen LogP contribution in [0.5, 0.6) is 11.5 Å². The average molecular weight is 352 g/mol. The van der Waals surface area contributed by atoms with Gasteiger partial charge in [-0.2, -0.15) is 0 Å². The number of carbonyl (C=O) groups excluding carboxylic acids is 1. The number of halogens is 1. The molecule has 1 aromatic heterocycles. The second-order valence-electron chi connectivity index (χ2n) is 5.37. The lowest BCUT2D eigenvalue weighted by molar-refractivity contribution is 0.103. The molecule has 0 unspecified atom stereocenters. The molecule has 2 heterocycles. The number of ether oxygens (including phenoxy) is 2. The number of aryl methyl sites for hydroxylation is 2. The number of hydrogen-bond donors (Lipinski definition) is 1. The van der Waals surface area contributed by atoms with E-state index in [2.05, 4.69) is 12.2 Å². The number of carbonyl (C=O) groups is 1. The molecule has 1 N–H and O–H groups in total. The molecule has 1 aromatic carbocycles. The maximum Gasteiger partial charge on any atom is 0.265 e. The van der Waals surface area contributed by atoms with E-state index in [1.165, 1.54) is 21.8 Å². The Balaban J connectivity index is 1.81. The van der Waals surface area contributed by atoms with Crippen LogP contribution in [0.15, 0.2) is 18.2 Å². The molecule has 0 saturated carbocycles. The molecule has 0 spiro atoms. The van der Waals surface area contributed by atoms with Crippen LogP contribution in [0.3, 0.4) is 0 Å². The van der Waals surface area contributed by atoms with Crippen LogP contribution in [0.25, 0.3) is 0 Å². The summed E-state index contributed by atoms with van der Waals surface area (Å²) in [6.07, 6.45) is 2.05. The minimum Gasteiger partial charge on any atom is -0.486 e. The molecule has 0 atom stereocenters. The van der Waals surface area contributed by atoms with Gasteiger partial charge in [-0.3, -0.25) is 4.79 Å². The van der Waals surface area contributed by atoms with Gasteiger partial charge in [-0.15, -0.1) is 11.3 Å². The van der Waals surface area contributed by atoms with Gasteiger partial charge in [-0.05, 0) is 25.0 Å². The highest BCUT2D eigenvalue weighted by Crippen LogP contribution is 2.38. The largest absolute Gasteiger partial charge is 0.486 e. The summed E-state index contributed by atoms with van der Waals surface area (Å²) in [4.78, 5) is 14.3. The van der Waals surface area contributed by atoms with E-state index in [-0.39, 0.29) is 5.91 Å². The van der Waals surface area contributed by atoms with Crippen molar-refractivity contribution < 1.29 is 14.3 Å². The zero-order valence-corrected chi connectivity index (χ0v) is 14.6. The molecule has 3 rings (SSSR count). The number of amides is 1. The molecule has 122 valence electrons. The standard InChI is InChI=1S/C17H18ClNO3S/c1-3-4-11-7-16(23-10(11)2)17(20)19-13-9-15-14(8-12(13)18)21-5-6-22-15/h7-9H,3-6H2,1-2H3,(H,19,20). The van der Waals surface area contributed by atoms with E-state index < -0.39 is 0 Å². The Morgan fingerprint density at radius 3 is 2.65 bits per heavy atom. The highest BCUT2D eigenvalue weighted by molar-refractivity contribution is 7.14. The molecule has 1 amide bonds. The van der Waals surface area contributed by atoms with Crippen molar-refractivity contribution >= 4 is 34.5 Å². The van der Waals surface area contributed by atoms with Gasteiger partial charge in [0.25, 0.3) is 5.91 Å². The van der Waals surface area contributed by atoms with Gasteiger partial charge < -0.3 is 14.8 Å². The Hall–Kier alpha value is -1.72. The molecule has 4 nitrogen and oxygen atoms in total. The van der Waals surface area contributed by atoms with E-state index in [1.807, 2.05) is 13.0 Å².